The lowest BCUT2D eigenvalue weighted by Gasteiger charge is -2.21. The summed E-state index contributed by atoms with van der Waals surface area (Å²) in [6.07, 6.45) is 7.63. The SMILES string of the molecule is CCCCOc1cc2cc(S(=O)C3CCCCC3)ccc2[nH]c1=O. The lowest BCUT2D eigenvalue weighted by molar-refractivity contribution is 0.306. The highest BCUT2D eigenvalue weighted by molar-refractivity contribution is 7.85. The molecule has 5 heteroatoms. The van der Waals surface area contributed by atoms with Gasteiger partial charge in [0.2, 0.25) is 0 Å². The minimum Gasteiger partial charge on any atom is -0.488 e. The number of benzene rings is 1. The van der Waals surface area contributed by atoms with Gasteiger partial charge in [-0.25, -0.2) is 0 Å². The summed E-state index contributed by atoms with van der Waals surface area (Å²) in [7, 11) is -0.977. The van der Waals surface area contributed by atoms with Crippen LogP contribution in [0.1, 0.15) is 51.9 Å². The molecule has 1 atom stereocenters. The largest absolute Gasteiger partial charge is 0.488 e. The van der Waals surface area contributed by atoms with Crippen LogP contribution in [-0.4, -0.2) is 21.0 Å². The van der Waals surface area contributed by atoms with E-state index >= 15 is 0 Å². The van der Waals surface area contributed by atoms with Gasteiger partial charge in [-0.15, -0.1) is 0 Å². The first kappa shape index (κ1) is 17.2. The molecule has 1 fully saturated rings. The van der Waals surface area contributed by atoms with Gasteiger partial charge in [-0.2, -0.15) is 0 Å². The first-order chi connectivity index (χ1) is 11.7. The van der Waals surface area contributed by atoms with Crippen LogP contribution in [0, 0.1) is 0 Å². The normalized spacial score (nSPS) is 17.0. The van der Waals surface area contributed by atoms with E-state index in [2.05, 4.69) is 11.9 Å². The summed E-state index contributed by atoms with van der Waals surface area (Å²) in [5.41, 5.74) is 0.548. The zero-order valence-corrected chi connectivity index (χ0v) is 15.0. The second-order valence-corrected chi connectivity index (χ2v) is 8.20. The van der Waals surface area contributed by atoms with Crippen molar-refractivity contribution in [2.75, 3.05) is 6.61 Å². The summed E-state index contributed by atoms with van der Waals surface area (Å²) in [6, 6.07) is 7.43. The number of rotatable bonds is 6. The molecule has 0 radical (unpaired) electrons. The van der Waals surface area contributed by atoms with Crippen LogP contribution in [0.2, 0.25) is 0 Å². The van der Waals surface area contributed by atoms with Crippen molar-refractivity contribution in [2.45, 2.75) is 62.0 Å². The van der Waals surface area contributed by atoms with E-state index in [0.717, 1.165) is 41.5 Å². The molecule has 0 aliphatic heterocycles. The van der Waals surface area contributed by atoms with Gasteiger partial charge in [-0.05, 0) is 43.5 Å². The predicted molar refractivity (Wildman–Crippen MR) is 98.3 cm³/mol. The number of nitrogens with one attached hydrogen (secondary N) is 1. The molecule has 0 amide bonds. The summed E-state index contributed by atoms with van der Waals surface area (Å²) >= 11 is 0. The molecule has 130 valence electrons. The van der Waals surface area contributed by atoms with Crippen molar-refractivity contribution in [2.24, 2.45) is 0 Å². The molecule has 0 saturated heterocycles. The molecule has 0 bridgehead atoms. The predicted octanol–water partition coefficient (Wildman–Crippen LogP) is 4.15. The third-order valence-corrected chi connectivity index (χ3v) is 6.42. The van der Waals surface area contributed by atoms with Crippen LogP contribution in [0.15, 0.2) is 34.0 Å². The maximum Gasteiger partial charge on any atom is 0.290 e. The van der Waals surface area contributed by atoms with Crippen LogP contribution in [0.5, 0.6) is 5.75 Å². The van der Waals surface area contributed by atoms with Gasteiger partial charge in [-0.1, -0.05) is 32.6 Å². The zero-order valence-electron chi connectivity index (χ0n) is 14.2. The Morgan fingerprint density at radius 3 is 2.75 bits per heavy atom. The van der Waals surface area contributed by atoms with Crippen LogP contribution < -0.4 is 10.3 Å². The highest BCUT2D eigenvalue weighted by Crippen LogP contribution is 2.27. The average Bonchev–Trinajstić information content (AvgIpc) is 2.62. The molecule has 1 N–H and O–H groups in total. The molecule has 2 aromatic rings. The highest BCUT2D eigenvalue weighted by Gasteiger charge is 2.21. The van der Waals surface area contributed by atoms with Crippen molar-refractivity contribution in [3.05, 3.63) is 34.6 Å². The molecule has 1 heterocycles. The lowest BCUT2D eigenvalue weighted by Crippen LogP contribution is -2.18. The quantitative estimate of drug-likeness (QED) is 0.799. The van der Waals surface area contributed by atoms with E-state index in [0.29, 0.717) is 12.4 Å². The number of aromatic amines is 1. The van der Waals surface area contributed by atoms with Crippen molar-refractivity contribution in [3.8, 4) is 5.75 Å². The van der Waals surface area contributed by atoms with Gasteiger partial charge in [0.25, 0.3) is 5.56 Å². The fourth-order valence-corrected chi connectivity index (χ4v) is 4.79. The lowest BCUT2D eigenvalue weighted by atomic mass is 10.0. The Hall–Kier alpha value is -1.62. The number of hydrogen-bond acceptors (Lipinski definition) is 3. The monoisotopic (exact) mass is 347 g/mol. The Kier molecular flexibility index (Phi) is 5.72. The van der Waals surface area contributed by atoms with Crippen molar-refractivity contribution in [1.82, 2.24) is 4.98 Å². The van der Waals surface area contributed by atoms with Gasteiger partial charge in [0.15, 0.2) is 5.75 Å². The maximum absolute atomic E-state index is 12.8. The number of hydrogen-bond donors (Lipinski definition) is 1. The molecular formula is C19H25NO3S. The number of H-pyrrole nitrogens is 1. The highest BCUT2D eigenvalue weighted by atomic mass is 32.2. The number of fused-ring (bicyclic) bond motifs is 1. The standard InChI is InChI=1S/C19H25NO3S/c1-2-3-11-23-18-13-14-12-16(9-10-17(14)20-19(18)21)24(22)15-7-5-4-6-8-15/h9-10,12-13,15H,2-8,11H2,1H3,(H,20,21). The Morgan fingerprint density at radius 2 is 2.00 bits per heavy atom. The van der Waals surface area contributed by atoms with E-state index in [-0.39, 0.29) is 10.8 Å². The third kappa shape index (κ3) is 3.89. The third-order valence-electron chi connectivity index (χ3n) is 4.62. The first-order valence-electron chi connectivity index (χ1n) is 8.89. The molecule has 24 heavy (non-hydrogen) atoms. The molecule has 0 spiro atoms. The molecule has 1 aliphatic carbocycles. The summed E-state index contributed by atoms with van der Waals surface area (Å²) in [4.78, 5) is 15.8. The summed E-state index contributed by atoms with van der Waals surface area (Å²) < 4.78 is 18.4. The molecule has 3 rings (SSSR count). The molecule has 4 nitrogen and oxygen atoms in total. The van der Waals surface area contributed by atoms with E-state index in [4.69, 9.17) is 4.74 Å². The van der Waals surface area contributed by atoms with Gasteiger partial charge >= 0.3 is 0 Å². The second-order valence-electron chi connectivity index (χ2n) is 6.47. The van der Waals surface area contributed by atoms with Crippen molar-refractivity contribution < 1.29 is 8.95 Å². The Bertz CT molecular complexity index is 778. The summed E-state index contributed by atoms with van der Waals surface area (Å²) in [5, 5.41) is 1.14. The van der Waals surface area contributed by atoms with Crippen molar-refractivity contribution in [3.63, 3.8) is 0 Å². The molecule has 1 unspecified atom stereocenters. The van der Waals surface area contributed by atoms with Crippen LogP contribution in [0.3, 0.4) is 0 Å². The van der Waals surface area contributed by atoms with E-state index in [1.165, 1.54) is 19.3 Å². The molecule has 1 aliphatic rings. The van der Waals surface area contributed by atoms with E-state index in [1.54, 1.807) is 6.07 Å². The Labute approximate surface area is 145 Å². The van der Waals surface area contributed by atoms with E-state index < -0.39 is 10.8 Å². The number of pyridine rings is 1. The average molecular weight is 347 g/mol. The summed E-state index contributed by atoms with van der Waals surface area (Å²) in [6.45, 7) is 2.62. The minimum atomic E-state index is -0.977. The number of unbranched alkanes of at least 4 members (excludes halogenated alkanes) is 1. The second kappa shape index (κ2) is 7.97. The van der Waals surface area contributed by atoms with Gasteiger partial charge in [-0.3, -0.25) is 9.00 Å². The van der Waals surface area contributed by atoms with Gasteiger partial charge in [0.05, 0.1) is 17.4 Å². The van der Waals surface area contributed by atoms with Crippen LogP contribution in [0.25, 0.3) is 10.9 Å². The molecule has 1 aromatic heterocycles. The van der Waals surface area contributed by atoms with Crippen molar-refractivity contribution in [1.29, 1.82) is 0 Å². The molecule has 1 saturated carbocycles. The Morgan fingerprint density at radius 1 is 1.21 bits per heavy atom. The van der Waals surface area contributed by atoms with E-state index in [9.17, 15) is 9.00 Å². The molecule has 1 aromatic carbocycles. The van der Waals surface area contributed by atoms with E-state index in [1.807, 2.05) is 18.2 Å². The number of aromatic nitrogens is 1. The fraction of sp³-hybridized carbons (Fsp3) is 0.526. The van der Waals surface area contributed by atoms with Crippen LogP contribution in [-0.2, 0) is 10.8 Å². The smallest absolute Gasteiger partial charge is 0.290 e. The van der Waals surface area contributed by atoms with Gasteiger partial charge in [0, 0.05) is 21.0 Å². The topological polar surface area (TPSA) is 59.2 Å². The molecular weight excluding hydrogens is 322 g/mol. The number of ether oxygens (including phenoxy) is 1. The zero-order chi connectivity index (χ0) is 16.9. The van der Waals surface area contributed by atoms with Crippen LogP contribution >= 0.6 is 0 Å². The van der Waals surface area contributed by atoms with Crippen LogP contribution in [0.4, 0.5) is 0 Å². The van der Waals surface area contributed by atoms with Crippen molar-refractivity contribution >= 4 is 21.7 Å². The minimum absolute atomic E-state index is 0.209. The summed E-state index contributed by atoms with van der Waals surface area (Å²) in [5.74, 6) is 0.344. The maximum atomic E-state index is 12.8. The van der Waals surface area contributed by atoms with Gasteiger partial charge < -0.3 is 9.72 Å². The first-order valence-corrected chi connectivity index (χ1v) is 10.1. The Balaban J connectivity index is 1.87. The van der Waals surface area contributed by atoms with Gasteiger partial charge in [0.1, 0.15) is 0 Å². The fourth-order valence-electron chi connectivity index (χ4n) is 3.20.